The fraction of sp³-hybridized carbons (Fsp3) is 0.476. The summed E-state index contributed by atoms with van der Waals surface area (Å²) < 4.78 is 44.1. The highest BCUT2D eigenvalue weighted by Gasteiger charge is 2.44. The van der Waals surface area contributed by atoms with E-state index in [4.69, 9.17) is 0 Å². The van der Waals surface area contributed by atoms with E-state index in [1.807, 2.05) is 11.8 Å². The van der Waals surface area contributed by atoms with E-state index in [-0.39, 0.29) is 23.5 Å². The van der Waals surface area contributed by atoms with Gasteiger partial charge in [0.05, 0.1) is 0 Å². The number of halogens is 3. The minimum absolute atomic E-state index is 0.00772. The second kappa shape index (κ2) is 7.45. The first-order valence-electron chi connectivity index (χ1n) is 10.2. The Morgan fingerprint density at radius 3 is 2.58 bits per heavy atom. The second-order valence-electron chi connectivity index (χ2n) is 8.45. The Balaban J connectivity index is 1.28. The van der Waals surface area contributed by atoms with Gasteiger partial charge in [0.2, 0.25) is 0 Å². The number of aromatic nitrogens is 4. The van der Waals surface area contributed by atoms with Gasteiger partial charge in [0.25, 0.3) is 5.78 Å². The van der Waals surface area contributed by atoms with Gasteiger partial charge in [0, 0.05) is 25.5 Å². The molecule has 10 heteroatoms. The molecule has 0 spiro atoms. The number of benzene rings is 1. The van der Waals surface area contributed by atoms with Crippen LogP contribution in [0.1, 0.15) is 41.9 Å². The maximum Gasteiger partial charge on any atom is 0.573 e. The zero-order valence-electron chi connectivity index (χ0n) is 16.8. The van der Waals surface area contributed by atoms with Gasteiger partial charge >= 0.3 is 6.36 Å². The number of hydrogen-bond donors (Lipinski definition) is 1. The van der Waals surface area contributed by atoms with Gasteiger partial charge in [-0.15, -0.1) is 18.3 Å². The van der Waals surface area contributed by atoms with Crippen LogP contribution in [-0.4, -0.2) is 49.0 Å². The predicted octanol–water partition coefficient (Wildman–Crippen LogP) is 3.45. The number of aryl methyl sites for hydroxylation is 1. The minimum atomic E-state index is -4.71. The molecule has 0 amide bonds. The number of fused-ring (bicyclic) bond motifs is 2. The van der Waals surface area contributed by atoms with Crippen molar-refractivity contribution in [2.24, 2.45) is 11.8 Å². The summed E-state index contributed by atoms with van der Waals surface area (Å²) in [5.41, 5.74) is 1.54. The molecule has 1 aliphatic carbocycles. The second-order valence-corrected chi connectivity index (χ2v) is 8.45. The molecule has 7 nitrogen and oxygen atoms in total. The molecule has 31 heavy (non-hydrogen) atoms. The van der Waals surface area contributed by atoms with Crippen molar-refractivity contribution in [2.45, 2.75) is 38.3 Å². The van der Waals surface area contributed by atoms with Crippen LogP contribution >= 0.6 is 0 Å². The predicted molar refractivity (Wildman–Crippen MR) is 104 cm³/mol. The molecule has 3 heterocycles. The number of alkyl halides is 3. The van der Waals surface area contributed by atoms with Gasteiger partial charge in [0.1, 0.15) is 5.75 Å². The molecule has 2 aliphatic rings. The van der Waals surface area contributed by atoms with Crippen molar-refractivity contribution >= 4 is 5.78 Å². The van der Waals surface area contributed by atoms with Crippen LogP contribution in [0.15, 0.2) is 36.7 Å². The van der Waals surface area contributed by atoms with Crippen molar-refractivity contribution in [2.75, 3.05) is 13.1 Å². The van der Waals surface area contributed by atoms with Crippen molar-refractivity contribution in [3.05, 3.63) is 53.6 Å². The quantitative estimate of drug-likeness (QED) is 0.679. The summed E-state index contributed by atoms with van der Waals surface area (Å²) >= 11 is 0. The highest BCUT2D eigenvalue weighted by molar-refractivity contribution is 5.37. The summed E-state index contributed by atoms with van der Waals surface area (Å²) in [5, 5.41) is 15.2. The monoisotopic (exact) mass is 433 g/mol. The number of aliphatic hydroxyl groups is 1. The fourth-order valence-corrected chi connectivity index (χ4v) is 4.99. The van der Waals surface area contributed by atoms with Crippen molar-refractivity contribution in [1.82, 2.24) is 24.5 Å². The first kappa shape index (κ1) is 20.2. The Hall–Kier alpha value is -2.72. The molecular formula is C21H22F3N5O2. The SMILES string of the molecule is Cc1cnc2nc(C(O)N3C[C@H]4C[C@@H](c5ccccc5OC(F)(F)F)C[C@H]4C3)nn2c1. The van der Waals surface area contributed by atoms with E-state index >= 15 is 0 Å². The summed E-state index contributed by atoms with van der Waals surface area (Å²) in [5.74, 6) is 1.20. The minimum Gasteiger partial charge on any atom is -0.405 e. The summed E-state index contributed by atoms with van der Waals surface area (Å²) in [4.78, 5) is 10.5. The summed E-state index contributed by atoms with van der Waals surface area (Å²) in [6.07, 6.45) is -0.639. The van der Waals surface area contributed by atoms with E-state index < -0.39 is 12.6 Å². The Kier molecular flexibility index (Phi) is 4.86. The van der Waals surface area contributed by atoms with E-state index in [0.29, 0.717) is 30.3 Å². The fourth-order valence-electron chi connectivity index (χ4n) is 4.99. The largest absolute Gasteiger partial charge is 0.573 e. The normalized spacial score (nSPS) is 25.1. The number of rotatable bonds is 4. The van der Waals surface area contributed by atoms with Crippen LogP contribution in [0.4, 0.5) is 13.2 Å². The van der Waals surface area contributed by atoms with Gasteiger partial charge in [-0.05, 0) is 54.7 Å². The third-order valence-corrected chi connectivity index (χ3v) is 6.28. The zero-order valence-corrected chi connectivity index (χ0v) is 16.8. The number of ether oxygens (including phenoxy) is 1. The molecule has 3 aromatic rings. The molecule has 0 bridgehead atoms. The summed E-state index contributed by atoms with van der Waals surface area (Å²) in [6.45, 7) is 3.19. The van der Waals surface area contributed by atoms with Crippen molar-refractivity contribution in [1.29, 1.82) is 0 Å². The summed E-state index contributed by atoms with van der Waals surface area (Å²) in [6, 6.07) is 6.39. The third-order valence-electron chi connectivity index (χ3n) is 6.28. The van der Waals surface area contributed by atoms with E-state index in [0.717, 1.165) is 18.4 Å². The standard InChI is InChI=1S/C21H22F3N5O2/c1-12-8-25-20-26-18(27-29(20)9-12)19(30)28-10-14-6-13(7-15(14)11-28)16-4-2-3-5-17(16)31-21(22,23)24/h2-5,8-9,13-15,19,30H,6-7,10-11H2,1H3/t13-,14-,15+,19?. The number of likely N-dealkylation sites (tertiary alicyclic amines) is 1. The molecule has 1 unspecified atom stereocenters. The first-order chi connectivity index (χ1) is 14.8. The first-order valence-corrected chi connectivity index (χ1v) is 10.2. The lowest BCUT2D eigenvalue weighted by Gasteiger charge is -2.23. The van der Waals surface area contributed by atoms with Gasteiger partial charge in [-0.3, -0.25) is 4.90 Å². The van der Waals surface area contributed by atoms with Crippen LogP contribution in [0.5, 0.6) is 5.75 Å². The van der Waals surface area contributed by atoms with Crippen LogP contribution in [0, 0.1) is 18.8 Å². The maximum absolute atomic E-state index is 12.8. The van der Waals surface area contributed by atoms with Crippen LogP contribution in [0.25, 0.3) is 5.78 Å². The highest BCUT2D eigenvalue weighted by Crippen LogP contribution is 2.49. The van der Waals surface area contributed by atoms with E-state index in [1.54, 1.807) is 35.1 Å². The zero-order chi connectivity index (χ0) is 21.8. The molecule has 1 saturated heterocycles. The van der Waals surface area contributed by atoms with Crippen molar-refractivity contribution in [3.8, 4) is 5.75 Å². The van der Waals surface area contributed by atoms with Gasteiger partial charge in [0.15, 0.2) is 12.1 Å². The molecule has 164 valence electrons. The Morgan fingerprint density at radius 1 is 1.16 bits per heavy atom. The topological polar surface area (TPSA) is 75.8 Å². The van der Waals surface area contributed by atoms with Crippen LogP contribution in [0.2, 0.25) is 0 Å². The smallest absolute Gasteiger partial charge is 0.405 e. The van der Waals surface area contributed by atoms with Gasteiger partial charge in [-0.2, -0.15) is 4.98 Å². The number of para-hydroxylation sites is 1. The number of nitrogens with zero attached hydrogens (tertiary/aromatic N) is 5. The molecular weight excluding hydrogens is 411 g/mol. The molecule has 2 fully saturated rings. The average Bonchev–Trinajstić information content (AvgIpc) is 3.38. The van der Waals surface area contributed by atoms with Gasteiger partial charge in [-0.1, -0.05) is 18.2 Å². The Bertz CT molecular complexity index is 1090. The van der Waals surface area contributed by atoms with E-state index in [2.05, 4.69) is 19.8 Å². The van der Waals surface area contributed by atoms with E-state index in [9.17, 15) is 18.3 Å². The molecule has 2 aromatic heterocycles. The van der Waals surface area contributed by atoms with Crippen molar-refractivity contribution in [3.63, 3.8) is 0 Å². The maximum atomic E-state index is 12.8. The number of aliphatic hydroxyl groups excluding tert-OH is 1. The Morgan fingerprint density at radius 2 is 1.87 bits per heavy atom. The number of hydrogen-bond acceptors (Lipinski definition) is 6. The molecule has 1 saturated carbocycles. The molecule has 1 aromatic carbocycles. The molecule has 0 radical (unpaired) electrons. The van der Waals surface area contributed by atoms with E-state index in [1.165, 1.54) is 6.07 Å². The Labute approximate surface area is 176 Å². The van der Waals surface area contributed by atoms with Crippen LogP contribution in [-0.2, 0) is 0 Å². The van der Waals surface area contributed by atoms with Gasteiger partial charge in [-0.25, -0.2) is 9.50 Å². The highest BCUT2D eigenvalue weighted by atomic mass is 19.4. The molecule has 1 aliphatic heterocycles. The lowest BCUT2D eigenvalue weighted by Crippen LogP contribution is -2.28. The molecule has 1 N–H and O–H groups in total. The molecule has 5 rings (SSSR count). The average molecular weight is 433 g/mol. The third kappa shape index (κ3) is 3.97. The van der Waals surface area contributed by atoms with Crippen LogP contribution < -0.4 is 4.74 Å². The van der Waals surface area contributed by atoms with Crippen LogP contribution in [0.3, 0.4) is 0 Å². The van der Waals surface area contributed by atoms with Crippen molar-refractivity contribution < 1.29 is 23.0 Å². The lowest BCUT2D eigenvalue weighted by molar-refractivity contribution is -0.275. The summed E-state index contributed by atoms with van der Waals surface area (Å²) in [7, 11) is 0. The van der Waals surface area contributed by atoms with Gasteiger partial charge < -0.3 is 9.84 Å². The molecule has 4 atom stereocenters. The lowest BCUT2D eigenvalue weighted by atomic mass is 9.95.